The van der Waals surface area contributed by atoms with Crippen LogP contribution in [0.4, 0.5) is 0 Å². The Kier molecular flexibility index (Phi) is 9.32. The average molecular weight is 177 g/mol. The molecule has 12 heavy (non-hydrogen) atoms. The highest BCUT2D eigenvalue weighted by atomic mass is 16.3. The quantitative estimate of drug-likeness (QED) is 0.442. The largest absolute Gasteiger partial charge is 0.412 e. The molecule has 1 unspecified atom stereocenters. The van der Waals surface area contributed by atoms with E-state index >= 15 is 0 Å². The van der Waals surface area contributed by atoms with Crippen molar-refractivity contribution in [3.63, 3.8) is 0 Å². The molecule has 0 aliphatic heterocycles. The van der Waals surface area contributed by atoms with Gasteiger partial charge in [-0.2, -0.15) is 0 Å². The van der Waals surface area contributed by atoms with Crippen molar-refractivity contribution < 1.29 is 20.5 Å². The molecule has 1 amide bonds. The van der Waals surface area contributed by atoms with Crippen LogP contribution in [0.1, 0.15) is 6.92 Å². The Morgan fingerprint density at radius 2 is 2.25 bits per heavy atom. The summed E-state index contributed by atoms with van der Waals surface area (Å²) in [7, 11) is 0. The second-order valence-electron chi connectivity index (χ2n) is 2.01. The summed E-state index contributed by atoms with van der Waals surface area (Å²) in [5, 5.41) is 19.5. The molecule has 0 spiro atoms. The van der Waals surface area contributed by atoms with Crippen LogP contribution in [0.25, 0.3) is 0 Å². The second-order valence-corrected chi connectivity index (χ2v) is 2.01. The third-order valence-corrected chi connectivity index (χ3v) is 1.11. The Balaban J connectivity index is 0. The first-order chi connectivity index (χ1) is 5.22. The van der Waals surface area contributed by atoms with Gasteiger partial charge in [0.15, 0.2) is 6.10 Å². The van der Waals surface area contributed by atoms with Gasteiger partial charge < -0.3 is 21.0 Å². The average Bonchev–Trinajstić information content (AvgIpc) is 2.03. The molecule has 72 valence electrons. The minimum absolute atomic E-state index is 0. The predicted octanol–water partition coefficient (Wildman–Crippen LogP) is -1.79. The van der Waals surface area contributed by atoms with E-state index in [0.717, 1.165) is 0 Å². The number of carbonyl (C=O) groups is 1. The standard InChI is InChI=1S/C7H13NO3.H2O/c1-2-3-4-8-7(11)6(10)5-9;/h2-3,6,9-10H,4-5H2,1H3,(H,8,11);1H2. The van der Waals surface area contributed by atoms with Crippen LogP contribution < -0.4 is 5.32 Å². The van der Waals surface area contributed by atoms with Gasteiger partial charge in [0.05, 0.1) is 6.61 Å². The van der Waals surface area contributed by atoms with Crippen molar-refractivity contribution in [3.8, 4) is 0 Å². The zero-order chi connectivity index (χ0) is 8.69. The fourth-order valence-corrected chi connectivity index (χ4v) is 0.478. The first-order valence-corrected chi connectivity index (χ1v) is 3.40. The number of allylic oxidation sites excluding steroid dienone is 1. The van der Waals surface area contributed by atoms with Crippen LogP contribution in [0.5, 0.6) is 0 Å². The molecule has 0 aliphatic carbocycles. The van der Waals surface area contributed by atoms with Crippen LogP contribution in [-0.2, 0) is 4.79 Å². The molecule has 0 heterocycles. The number of hydrogen-bond donors (Lipinski definition) is 3. The fourth-order valence-electron chi connectivity index (χ4n) is 0.478. The summed E-state index contributed by atoms with van der Waals surface area (Å²) < 4.78 is 0. The molecule has 0 aliphatic rings. The molecule has 0 aromatic heterocycles. The number of hydrogen-bond acceptors (Lipinski definition) is 3. The van der Waals surface area contributed by atoms with Gasteiger partial charge in [-0.3, -0.25) is 4.79 Å². The highest BCUT2D eigenvalue weighted by molar-refractivity contribution is 5.80. The lowest BCUT2D eigenvalue weighted by atomic mass is 10.3. The minimum atomic E-state index is -1.31. The van der Waals surface area contributed by atoms with E-state index in [2.05, 4.69) is 5.32 Å². The number of amides is 1. The van der Waals surface area contributed by atoms with Crippen molar-refractivity contribution in [1.29, 1.82) is 0 Å². The second kappa shape index (κ2) is 8.19. The first kappa shape index (κ1) is 13.7. The van der Waals surface area contributed by atoms with Crippen molar-refractivity contribution in [2.24, 2.45) is 0 Å². The van der Waals surface area contributed by atoms with Crippen LogP contribution in [0.2, 0.25) is 0 Å². The van der Waals surface area contributed by atoms with E-state index in [0.29, 0.717) is 6.54 Å². The van der Waals surface area contributed by atoms with E-state index < -0.39 is 18.6 Å². The molecular weight excluding hydrogens is 162 g/mol. The molecule has 0 aromatic rings. The Hall–Kier alpha value is -0.910. The molecule has 0 aromatic carbocycles. The van der Waals surface area contributed by atoms with E-state index in [4.69, 9.17) is 10.2 Å². The van der Waals surface area contributed by atoms with Gasteiger partial charge in [0.1, 0.15) is 0 Å². The lowest BCUT2D eigenvalue weighted by Gasteiger charge is -2.05. The van der Waals surface area contributed by atoms with Gasteiger partial charge in [0.25, 0.3) is 5.91 Å². The van der Waals surface area contributed by atoms with Crippen LogP contribution >= 0.6 is 0 Å². The smallest absolute Gasteiger partial charge is 0.251 e. The molecule has 0 radical (unpaired) electrons. The normalized spacial score (nSPS) is 12.2. The molecule has 5 N–H and O–H groups in total. The minimum Gasteiger partial charge on any atom is -0.412 e. The van der Waals surface area contributed by atoms with Crippen molar-refractivity contribution >= 4 is 5.91 Å². The van der Waals surface area contributed by atoms with Gasteiger partial charge in [-0.1, -0.05) is 12.2 Å². The molecule has 5 nitrogen and oxygen atoms in total. The lowest BCUT2D eigenvalue weighted by molar-refractivity contribution is -0.130. The molecule has 0 saturated carbocycles. The Bertz CT molecular complexity index is 146. The topological polar surface area (TPSA) is 101 Å². The van der Waals surface area contributed by atoms with Crippen molar-refractivity contribution in [2.45, 2.75) is 13.0 Å². The zero-order valence-corrected chi connectivity index (χ0v) is 6.95. The van der Waals surface area contributed by atoms with Crippen LogP contribution in [0.3, 0.4) is 0 Å². The summed E-state index contributed by atoms with van der Waals surface area (Å²) in [4.78, 5) is 10.7. The maximum Gasteiger partial charge on any atom is 0.251 e. The SMILES string of the molecule is CC=CCNC(=O)C(O)CO.O. The van der Waals surface area contributed by atoms with Crippen LogP contribution in [0.15, 0.2) is 12.2 Å². The summed E-state index contributed by atoms with van der Waals surface area (Å²) in [5.41, 5.74) is 0. The Labute approximate surface area is 71.0 Å². The number of rotatable bonds is 4. The highest BCUT2D eigenvalue weighted by Gasteiger charge is 2.10. The molecule has 5 heteroatoms. The Morgan fingerprint density at radius 3 is 2.67 bits per heavy atom. The van der Waals surface area contributed by atoms with Crippen molar-refractivity contribution in [2.75, 3.05) is 13.2 Å². The number of nitrogens with one attached hydrogen (secondary N) is 1. The summed E-state index contributed by atoms with van der Waals surface area (Å²) in [5.74, 6) is -0.550. The van der Waals surface area contributed by atoms with Gasteiger partial charge in [0.2, 0.25) is 0 Å². The van der Waals surface area contributed by atoms with Gasteiger partial charge in [-0.25, -0.2) is 0 Å². The third-order valence-electron chi connectivity index (χ3n) is 1.11. The summed E-state index contributed by atoms with van der Waals surface area (Å²) in [6, 6.07) is 0. The molecule has 1 atom stereocenters. The maximum absolute atomic E-state index is 10.7. The van der Waals surface area contributed by atoms with Crippen LogP contribution in [-0.4, -0.2) is 40.9 Å². The van der Waals surface area contributed by atoms with Gasteiger partial charge in [-0.05, 0) is 6.92 Å². The van der Waals surface area contributed by atoms with E-state index in [1.807, 2.05) is 6.92 Å². The van der Waals surface area contributed by atoms with Crippen LogP contribution in [0, 0.1) is 0 Å². The van der Waals surface area contributed by atoms with Crippen molar-refractivity contribution in [1.82, 2.24) is 5.32 Å². The molecular formula is C7H15NO4. The molecule has 0 fully saturated rings. The first-order valence-electron chi connectivity index (χ1n) is 3.40. The summed E-state index contributed by atoms with van der Waals surface area (Å²) >= 11 is 0. The number of carbonyl (C=O) groups excluding carboxylic acids is 1. The van der Waals surface area contributed by atoms with E-state index in [-0.39, 0.29) is 5.48 Å². The maximum atomic E-state index is 10.7. The van der Waals surface area contributed by atoms with Gasteiger partial charge >= 0.3 is 0 Å². The summed E-state index contributed by atoms with van der Waals surface area (Å²) in [6.45, 7) is 1.67. The predicted molar refractivity (Wildman–Crippen MR) is 44.5 cm³/mol. The van der Waals surface area contributed by atoms with E-state index in [9.17, 15) is 4.79 Å². The van der Waals surface area contributed by atoms with Gasteiger partial charge in [-0.15, -0.1) is 0 Å². The molecule has 0 bridgehead atoms. The van der Waals surface area contributed by atoms with Crippen molar-refractivity contribution in [3.05, 3.63) is 12.2 Å². The fraction of sp³-hybridized carbons (Fsp3) is 0.571. The molecule has 0 rings (SSSR count). The lowest BCUT2D eigenvalue weighted by Crippen LogP contribution is -2.36. The Morgan fingerprint density at radius 1 is 1.67 bits per heavy atom. The third kappa shape index (κ3) is 5.84. The number of aliphatic hydroxyl groups excluding tert-OH is 2. The van der Waals surface area contributed by atoms with Gasteiger partial charge in [0, 0.05) is 6.54 Å². The molecule has 0 saturated heterocycles. The highest BCUT2D eigenvalue weighted by Crippen LogP contribution is 1.79. The monoisotopic (exact) mass is 177 g/mol. The van der Waals surface area contributed by atoms with E-state index in [1.54, 1.807) is 12.2 Å². The van der Waals surface area contributed by atoms with E-state index in [1.165, 1.54) is 0 Å². The number of aliphatic hydroxyl groups is 2. The zero-order valence-electron chi connectivity index (χ0n) is 6.95. The summed E-state index contributed by atoms with van der Waals surface area (Å²) in [6.07, 6.45) is 2.22.